The highest BCUT2D eigenvalue weighted by atomic mass is 16.1. The molecule has 0 aromatic rings. The summed E-state index contributed by atoms with van der Waals surface area (Å²) in [6, 6.07) is 1.04. The van der Waals surface area contributed by atoms with E-state index < -0.39 is 0 Å². The molecule has 0 radical (unpaired) electrons. The molecule has 88 valence electrons. The highest BCUT2D eigenvalue weighted by Crippen LogP contribution is 2.18. The number of hydrogen-bond donors (Lipinski definition) is 2. The number of rotatable bonds is 7. The third-order valence-electron chi connectivity index (χ3n) is 2.99. The fourth-order valence-corrected chi connectivity index (χ4v) is 1.34. The molecular weight excluding hydrogens is 188 g/mol. The topological polar surface area (TPSA) is 41.1 Å². The van der Waals surface area contributed by atoms with Gasteiger partial charge in [0.1, 0.15) is 0 Å². The fraction of sp³-hybridized carbons (Fsp3) is 0.917. The molecule has 3 heteroatoms. The molecule has 1 aliphatic rings. The third-order valence-corrected chi connectivity index (χ3v) is 2.99. The van der Waals surface area contributed by atoms with Gasteiger partial charge >= 0.3 is 0 Å². The first-order valence-corrected chi connectivity index (χ1v) is 6.12. The van der Waals surface area contributed by atoms with Gasteiger partial charge in [-0.3, -0.25) is 4.79 Å². The minimum Gasteiger partial charge on any atom is -0.353 e. The summed E-state index contributed by atoms with van der Waals surface area (Å²) in [7, 11) is 0. The molecule has 1 saturated carbocycles. The Bertz CT molecular complexity index is 200. The van der Waals surface area contributed by atoms with E-state index in [0.29, 0.717) is 24.4 Å². The van der Waals surface area contributed by atoms with Gasteiger partial charge in [-0.25, -0.2) is 0 Å². The second-order valence-electron chi connectivity index (χ2n) is 4.93. The maximum absolute atomic E-state index is 11.3. The van der Waals surface area contributed by atoms with E-state index in [1.165, 1.54) is 12.8 Å². The summed E-state index contributed by atoms with van der Waals surface area (Å²) in [4.78, 5) is 11.3. The van der Waals surface area contributed by atoms with E-state index in [9.17, 15) is 4.79 Å². The van der Waals surface area contributed by atoms with Crippen molar-refractivity contribution in [3.05, 3.63) is 0 Å². The van der Waals surface area contributed by atoms with Gasteiger partial charge in [0.15, 0.2) is 0 Å². The quantitative estimate of drug-likeness (QED) is 0.630. The molecule has 1 fully saturated rings. The lowest BCUT2D eigenvalue weighted by atomic mass is 10.1. The highest BCUT2D eigenvalue weighted by Gasteiger charge is 2.22. The summed E-state index contributed by atoms with van der Waals surface area (Å²) in [6.07, 6.45) is 3.95. The molecule has 2 N–H and O–H groups in total. The minimum absolute atomic E-state index is 0.219. The number of amides is 1. The van der Waals surface area contributed by atoms with Crippen LogP contribution in [0.3, 0.4) is 0 Å². The monoisotopic (exact) mass is 212 g/mol. The van der Waals surface area contributed by atoms with Crippen molar-refractivity contribution in [2.45, 2.75) is 58.5 Å². The van der Waals surface area contributed by atoms with E-state index in [1.54, 1.807) is 0 Å². The van der Waals surface area contributed by atoms with Crippen LogP contribution in [0.25, 0.3) is 0 Å². The Morgan fingerprint density at radius 2 is 2.00 bits per heavy atom. The molecule has 3 nitrogen and oxygen atoms in total. The molecule has 1 rings (SSSR count). The van der Waals surface area contributed by atoms with Crippen molar-refractivity contribution < 1.29 is 4.79 Å². The number of hydrogen-bond acceptors (Lipinski definition) is 2. The van der Waals surface area contributed by atoms with Crippen molar-refractivity contribution in [1.82, 2.24) is 10.6 Å². The lowest BCUT2D eigenvalue weighted by molar-refractivity contribution is -0.121. The van der Waals surface area contributed by atoms with Gasteiger partial charge in [0, 0.05) is 18.5 Å². The minimum atomic E-state index is 0.219. The summed E-state index contributed by atoms with van der Waals surface area (Å²) in [6.45, 7) is 7.54. The average Bonchev–Trinajstić information content (AvgIpc) is 2.95. The molecule has 1 amide bonds. The molecule has 15 heavy (non-hydrogen) atoms. The number of carbonyl (C=O) groups excluding carboxylic acids is 1. The van der Waals surface area contributed by atoms with Crippen LogP contribution < -0.4 is 10.6 Å². The first-order chi connectivity index (χ1) is 7.09. The van der Waals surface area contributed by atoms with Crippen molar-refractivity contribution in [1.29, 1.82) is 0 Å². The zero-order chi connectivity index (χ0) is 11.3. The van der Waals surface area contributed by atoms with E-state index in [-0.39, 0.29) is 5.91 Å². The van der Waals surface area contributed by atoms with Gasteiger partial charge < -0.3 is 10.6 Å². The molecule has 0 aliphatic heterocycles. The Kier molecular flexibility index (Phi) is 5.09. The van der Waals surface area contributed by atoms with Gasteiger partial charge in [-0.2, -0.15) is 0 Å². The number of nitrogens with one attached hydrogen (secondary N) is 2. The van der Waals surface area contributed by atoms with Crippen molar-refractivity contribution in [3.63, 3.8) is 0 Å². The van der Waals surface area contributed by atoms with Crippen LogP contribution in [0.5, 0.6) is 0 Å². The SMILES string of the molecule is CC(C)C(C)NCCCC(=O)NC1CC1. The molecular formula is C12H24N2O. The van der Waals surface area contributed by atoms with Crippen LogP contribution in [0.1, 0.15) is 46.5 Å². The highest BCUT2D eigenvalue weighted by molar-refractivity contribution is 5.76. The van der Waals surface area contributed by atoms with Crippen LogP contribution in [0, 0.1) is 5.92 Å². The van der Waals surface area contributed by atoms with E-state index in [2.05, 4.69) is 31.4 Å². The van der Waals surface area contributed by atoms with Gasteiger partial charge in [-0.15, -0.1) is 0 Å². The van der Waals surface area contributed by atoms with Crippen molar-refractivity contribution in [3.8, 4) is 0 Å². The first kappa shape index (κ1) is 12.5. The molecule has 0 saturated heterocycles. The summed E-state index contributed by atoms with van der Waals surface area (Å²) in [5.41, 5.74) is 0. The van der Waals surface area contributed by atoms with Gasteiger partial charge in [0.05, 0.1) is 0 Å². The fourth-order valence-electron chi connectivity index (χ4n) is 1.34. The van der Waals surface area contributed by atoms with Gasteiger partial charge in [-0.05, 0) is 38.6 Å². The van der Waals surface area contributed by atoms with Crippen LogP contribution in [0.2, 0.25) is 0 Å². The first-order valence-electron chi connectivity index (χ1n) is 6.12. The van der Waals surface area contributed by atoms with Crippen LogP contribution in [-0.2, 0) is 4.79 Å². The van der Waals surface area contributed by atoms with E-state index >= 15 is 0 Å². The van der Waals surface area contributed by atoms with Crippen molar-refractivity contribution in [2.75, 3.05) is 6.54 Å². The average molecular weight is 212 g/mol. The molecule has 1 atom stereocenters. The molecule has 1 unspecified atom stereocenters. The molecule has 1 aliphatic carbocycles. The number of carbonyl (C=O) groups is 1. The zero-order valence-electron chi connectivity index (χ0n) is 10.2. The summed E-state index contributed by atoms with van der Waals surface area (Å²) < 4.78 is 0. The van der Waals surface area contributed by atoms with Crippen molar-refractivity contribution in [2.24, 2.45) is 5.92 Å². The Balaban J connectivity index is 1.93. The van der Waals surface area contributed by atoms with Gasteiger partial charge in [0.25, 0.3) is 0 Å². The van der Waals surface area contributed by atoms with E-state index in [4.69, 9.17) is 0 Å². The van der Waals surface area contributed by atoms with Crippen LogP contribution >= 0.6 is 0 Å². The van der Waals surface area contributed by atoms with E-state index in [1.807, 2.05) is 0 Å². The van der Waals surface area contributed by atoms with Gasteiger partial charge in [0.2, 0.25) is 5.91 Å². The largest absolute Gasteiger partial charge is 0.353 e. The van der Waals surface area contributed by atoms with Crippen LogP contribution in [0.4, 0.5) is 0 Å². The molecule has 0 spiro atoms. The zero-order valence-corrected chi connectivity index (χ0v) is 10.2. The summed E-state index contributed by atoms with van der Waals surface area (Å²) >= 11 is 0. The van der Waals surface area contributed by atoms with Crippen LogP contribution in [-0.4, -0.2) is 24.5 Å². The van der Waals surface area contributed by atoms with Crippen molar-refractivity contribution >= 4 is 5.91 Å². The Morgan fingerprint density at radius 1 is 1.33 bits per heavy atom. The third kappa shape index (κ3) is 5.78. The smallest absolute Gasteiger partial charge is 0.220 e. The normalized spacial score (nSPS) is 17.9. The lowest BCUT2D eigenvalue weighted by Gasteiger charge is -2.17. The maximum atomic E-state index is 11.3. The Labute approximate surface area is 93.0 Å². The molecule has 0 heterocycles. The predicted octanol–water partition coefficient (Wildman–Crippen LogP) is 1.68. The Hall–Kier alpha value is -0.570. The molecule has 0 aromatic carbocycles. The lowest BCUT2D eigenvalue weighted by Crippen LogP contribution is -2.32. The van der Waals surface area contributed by atoms with Gasteiger partial charge in [-0.1, -0.05) is 13.8 Å². The summed E-state index contributed by atoms with van der Waals surface area (Å²) in [5, 5.41) is 6.42. The van der Waals surface area contributed by atoms with E-state index in [0.717, 1.165) is 13.0 Å². The molecule has 0 aromatic heterocycles. The summed E-state index contributed by atoms with van der Waals surface area (Å²) in [5.74, 6) is 0.877. The van der Waals surface area contributed by atoms with Crippen LogP contribution in [0.15, 0.2) is 0 Å². The maximum Gasteiger partial charge on any atom is 0.220 e. The predicted molar refractivity (Wildman–Crippen MR) is 62.7 cm³/mol. The molecule has 0 bridgehead atoms. The second kappa shape index (κ2) is 6.11. The Morgan fingerprint density at radius 3 is 2.53 bits per heavy atom. The standard InChI is InChI=1S/C12H24N2O/c1-9(2)10(3)13-8-4-5-12(15)14-11-6-7-11/h9-11,13H,4-8H2,1-3H3,(H,14,15). The second-order valence-corrected chi connectivity index (χ2v) is 4.93.